The van der Waals surface area contributed by atoms with Crippen molar-refractivity contribution in [3.8, 4) is 16.4 Å². The van der Waals surface area contributed by atoms with Crippen molar-refractivity contribution in [3.05, 3.63) is 76.0 Å². The molecule has 4 aromatic rings. The highest BCUT2D eigenvalue weighted by Crippen LogP contribution is 2.30. The lowest BCUT2D eigenvalue weighted by Crippen LogP contribution is -2.43. The van der Waals surface area contributed by atoms with Crippen molar-refractivity contribution < 1.29 is 0 Å². The number of hydrogen-bond acceptors (Lipinski definition) is 7. The van der Waals surface area contributed by atoms with Gasteiger partial charge in [0, 0.05) is 37.1 Å². The summed E-state index contributed by atoms with van der Waals surface area (Å²) in [5, 5.41) is 17.7. The quantitative estimate of drug-likeness (QED) is 0.445. The third-order valence-corrected chi connectivity index (χ3v) is 6.22. The van der Waals surface area contributed by atoms with Gasteiger partial charge in [0.15, 0.2) is 5.69 Å². The first-order valence-corrected chi connectivity index (χ1v) is 11.4. The van der Waals surface area contributed by atoms with E-state index in [9.17, 15) is 4.79 Å². The average Bonchev–Trinajstić information content (AvgIpc) is 3.44. The van der Waals surface area contributed by atoms with Crippen LogP contribution in [0.1, 0.15) is 5.69 Å². The van der Waals surface area contributed by atoms with Gasteiger partial charge in [-0.3, -0.25) is 9.89 Å². The Labute approximate surface area is 189 Å². The second-order valence-corrected chi connectivity index (χ2v) is 8.37. The normalized spacial score (nSPS) is 14.3. The summed E-state index contributed by atoms with van der Waals surface area (Å²) in [6, 6.07) is 17.8. The average molecular weight is 446 g/mol. The van der Waals surface area contributed by atoms with Gasteiger partial charge in [0.2, 0.25) is 5.13 Å². The van der Waals surface area contributed by atoms with E-state index in [1.165, 1.54) is 16.0 Å². The SMILES string of the molecule is Cc1[nH]n(-c2nc(-c3ccccc3)cs2)c(=O)c1N=Nc1ccccc1N1CCNCC1. The van der Waals surface area contributed by atoms with Gasteiger partial charge in [-0.25, -0.2) is 4.98 Å². The molecule has 0 saturated carbocycles. The Morgan fingerprint density at radius 2 is 1.75 bits per heavy atom. The number of rotatable bonds is 5. The van der Waals surface area contributed by atoms with E-state index in [2.05, 4.69) is 30.5 Å². The molecule has 0 atom stereocenters. The molecular weight excluding hydrogens is 422 g/mol. The first kappa shape index (κ1) is 20.3. The number of aromatic nitrogens is 3. The summed E-state index contributed by atoms with van der Waals surface area (Å²) in [7, 11) is 0. The summed E-state index contributed by atoms with van der Waals surface area (Å²) in [4.78, 5) is 20.0. The molecule has 5 rings (SSSR count). The topological polar surface area (TPSA) is 90.7 Å². The van der Waals surface area contributed by atoms with Gasteiger partial charge in [0.05, 0.1) is 17.1 Å². The van der Waals surface area contributed by atoms with Crippen molar-refractivity contribution in [3.63, 3.8) is 0 Å². The molecule has 0 bridgehead atoms. The molecule has 1 aliphatic rings. The molecule has 1 aliphatic heterocycles. The Morgan fingerprint density at radius 3 is 2.56 bits per heavy atom. The standard InChI is InChI=1S/C23H23N7OS/c1-16-21(27-26-18-9-5-6-10-20(18)29-13-11-24-12-14-29)22(31)30(28-16)23-25-19(15-32-23)17-7-3-2-4-8-17/h2-10,15,24,28H,11-14H2,1H3. The van der Waals surface area contributed by atoms with Crippen molar-refractivity contribution in [2.24, 2.45) is 10.2 Å². The largest absolute Gasteiger partial charge is 0.367 e. The molecule has 1 fully saturated rings. The number of thiazole rings is 1. The van der Waals surface area contributed by atoms with Gasteiger partial charge in [0.1, 0.15) is 5.69 Å². The van der Waals surface area contributed by atoms with Crippen LogP contribution in [0.15, 0.2) is 75.0 Å². The van der Waals surface area contributed by atoms with E-state index in [-0.39, 0.29) is 11.2 Å². The number of aryl methyl sites for hydroxylation is 1. The van der Waals surface area contributed by atoms with Crippen LogP contribution in [0.5, 0.6) is 0 Å². The highest BCUT2D eigenvalue weighted by molar-refractivity contribution is 7.12. The van der Waals surface area contributed by atoms with E-state index in [1.54, 1.807) is 0 Å². The van der Waals surface area contributed by atoms with Gasteiger partial charge in [-0.05, 0) is 19.1 Å². The van der Waals surface area contributed by atoms with Crippen LogP contribution in [-0.2, 0) is 0 Å². The number of azo groups is 1. The summed E-state index contributed by atoms with van der Waals surface area (Å²) >= 11 is 1.41. The molecule has 0 spiro atoms. The van der Waals surface area contributed by atoms with Crippen molar-refractivity contribution in [2.45, 2.75) is 6.92 Å². The van der Waals surface area contributed by atoms with Gasteiger partial charge in [-0.1, -0.05) is 42.5 Å². The number of hydrogen-bond donors (Lipinski definition) is 2. The van der Waals surface area contributed by atoms with Crippen LogP contribution in [0.3, 0.4) is 0 Å². The van der Waals surface area contributed by atoms with Gasteiger partial charge >= 0.3 is 5.56 Å². The van der Waals surface area contributed by atoms with Crippen molar-refractivity contribution >= 4 is 28.4 Å². The third-order valence-electron chi connectivity index (χ3n) is 5.39. The fraction of sp³-hybridized carbons (Fsp3) is 0.217. The smallest absolute Gasteiger partial charge is 0.301 e. The second kappa shape index (κ2) is 8.89. The molecule has 32 heavy (non-hydrogen) atoms. The van der Waals surface area contributed by atoms with E-state index in [0.717, 1.165) is 48.8 Å². The summed E-state index contributed by atoms with van der Waals surface area (Å²) in [6.07, 6.45) is 0. The number of nitrogens with zero attached hydrogens (tertiary/aromatic N) is 5. The maximum atomic E-state index is 13.1. The van der Waals surface area contributed by atoms with Gasteiger partial charge in [-0.2, -0.15) is 4.68 Å². The zero-order chi connectivity index (χ0) is 21.9. The van der Waals surface area contributed by atoms with Crippen LogP contribution < -0.4 is 15.8 Å². The summed E-state index contributed by atoms with van der Waals surface area (Å²) in [5.41, 5.74) is 4.29. The van der Waals surface area contributed by atoms with Gasteiger partial charge in [-0.15, -0.1) is 21.6 Å². The monoisotopic (exact) mass is 445 g/mol. The van der Waals surface area contributed by atoms with Crippen molar-refractivity contribution in [1.29, 1.82) is 0 Å². The Balaban J connectivity index is 1.44. The lowest BCUT2D eigenvalue weighted by Gasteiger charge is -2.30. The van der Waals surface area contributed by atoms with Crippen molar-refractivity contribution in [2.75, 3.05) is 31.1 Å². The maximum Gasteiger partial charge on any atom is 0.301 e. The van der Waals surface area contributed by atoms with Crippen LogP contribution in [0, 0.1) is 6.92 Å². The van der Waals surface area contributed by atoms with Crippen LogP contribution >= 0.6 is 11.3 Å². The number of nitrogens with one attached hydrogen (secondary N) is 2. The molecule has 3 heterocycles. The molecule has 0 aliphatic carbocycles. The van der Waals surface area contributed by atoms with E-state index in [1.807, 2.05) is 66.9 Å². The molecule has 0 radical (unpaired) electrons. The molecule has 1 saturated heterocycles. The van der Waals surface area contributed by atoms with E-state index in [0.29, 0.717) is 10.8 Å². The first-order valence-electron chi connectivity index (χ1n) is 10.5. The highest BCUT2D eigenvalue weighted by Gasteiger charge is 2.17. The third kappa shape index (κ3) is 4.00. The number of aromatic amines is 1. The minimum absolute atomic E-state index is 0.264. The van der Waals surface area contributed by atoms with E-state index >= 15 is 0 Å². The number of benzene rings is 2. The Bertz CT molecular complexity index is 1300. The number of anilines is 1. The van der Waals surface area contributed by atoms with Crippen LogP contribution in [-0.4, -0.2) is 40.9 Å². The first-order chi connectivity index (χ1) is 15.7. The summed E-state index contributed by atoms with van der Waals surface area (Å²) in [6.45, 7) is 5.52. The fourth-order valence-corrected chi connectivity index (χ4v) is 4.52. The molecule has 162 valence electrons. The number of para-hydroxylation sites is 1. The van der Waals surface area contributed by atoms with Crippen LogP contribution in [0.4, 0.5) is 17.1 Å². The molecule has 8 nitrogen and oxygen atoms in total. The summed E-state index contributed by atoms with van der Waals surface area (Å²) < 4.78 is 1.43. The van der Waals surface area contributed by atoms with Crippen LogP contribution in [0.2, 0.25) is 0 Å². The zero-order valence-corrected chi connectivity index (χ0v) is 18.5. The number of H-pyrrole nitrogens is 1. The van der Waals surface area contributed by atoms with Gasteiger partial charge < -0.3 is 10.2 Å². The molecule has 9 heteroatoms. The Kier molecular flexibility index (Phi) is 5.66. The predicted molar refractivity (Wildman–Crippen MR) is 128 cm³/mol. The van der Waals surface area contributed by atoms with Gasteiger partial charge in [0.25, 0.3) is 0 Å². The maximum absolute atomic E-state index is 13.1. The lowest BCUT2D eigenvalue weighted by molar-refractivity contribution is 0.589. The summed E-state index contributed by atoms with van der Waals surface area (Å²) in [5.74, 6) is 0. The van der Waals surface area contributed by atoms with Crippen LogP contribution in [0.25, 0.3) is 16.4 Å². The molecule has 0 unspecified atom stereocenters. The zero-order valence-electron chi connectivity index (χ0n) is 17.7. The molecule has 2 aromatic heterocycles. The number of piperazine rings is 1. The second-order valence-electron chi connectivity index (χ2n) is 7.53. The molecule has 2 aromatic carbocycles. The Hall–Kier alpha value is -3.56. The van der Waals surface area contributed by atoms with Crippen molar-refractivity contribution in [1.82, 2.24) is 20.1 Å². The Morgan fingerprint density at radius 1 is 1.00 bits per heavy atom. The molecule has 0 amide bonds. The molecular formula is C23H23N7OS. The minimum Gasteiger partial charge on any atom is -0.367 e. The predicted octanol–water partition coefficient (Wildman–Crippen LogP) is 4.42. The van der Waals surface area contributed by atoms with E-state index in [4.69, 9.17) is 0 Å². The highest BCUT2D eigenvalue weighted by atomic mass is 32.1. The molecule has 2 N–H and O–H groups in total. The lowest BCUT2D eigenvalue weighted by atomic mass is 10.2. The van der Waals surface area contributed by atoms with E-state index < -0.39 is 0 Å². The fourth-order valence-electron chi connectivity index (χ4n) is 3.72. The minimum atomic E-state index is -0.264.